The first-order valence-corrected chi connectivity index (χ1v) is 8.05. The van der Waals surface area contributed by atoms with Crippen LogP contribution in [0.4, 0.5) is 10.1 Å². The van der Waals surface area contributed by atoms with Crippen LogP contribution in [0, 0.1) is 5.82 Å². The van der Waals surface area contributed by atoms with Crippen molar-refractivity contribution in [3.63, 3.8) is 0 Å². The molecule has 0 spiro atoms. The van der Waals surface area contributed by atoms with Crippen LogP contribution < -0.4 is 4.90 Å². The van der Waals surface area contributed by atoms with E-state index < -0.39 is 11.5 Å². The first kappa shape index (κ1) is 15.5. The summed E-state index contributed by atoms with van der Waals surface area (Å²) in [5, 5.41) is 11.3. The molecule has 1 N–H and O–H groups in total. The summed E-state index contributed by atoms with van der Waals surface area (Å²) in [6.07, 6.45) is 0. The van der Waals surface area contributed by atoms with E-state index in [1.165, 1.54) is 11.0 Å². The zero-order valence-corrected chi connectivity index (χ0v) is 13.4. The number of aliphatic hydroxyl groups is 1. The summed E-state index contributed by atoms with van der Waals surface area (Å²) < 4.78 is 14.1. The lowest BCUT2D eigenvalue weighted by atomic mass is 9.88. The molecule has 1 atom stereocenters. The van der Waals surface area contributed by atoms with Crippen LogP contribution in [0.1, 0.15) is 16.7 Å². The van der Waals surface area contributed by atoms with Gasteiger partial charge in [0.1, 0.15) is 5.82 Å². The summed E-state index contributed by atoms with van der Waals surface area (Å²) >= 11 is 0. The summed E-state index contributed by atoms with van der Waals surface area (Å²) in [5.41, 5.74) is 0.263. The average molecular weight is 333 g/mol. The molecule has 0 unspecified atom stereocenters. The van der Waals surface area contributed by atoms with E-state index in [4.69, 9.17) is 0 Å². The number of para-hydroxylation sites is 1. The molecule has 0 saturated heterocycles. The predicted octanol–water partition coefficient (Wildman–Crippen LogP) is 3.61. The van der Waals surface area contributed by atoms with E-state index in [9.17, 15) is 14.3 Å². The van der Waals surface area contributed by atoms with Crippen molar-refractivity contribution in [1.29, 1.82) is 0 Å². The molecule has 124 valence electrons. The third-order valence-electron chi connectivity index (χ3n) is 4.62. The minimum atomic E-state index is -1.76. The number of halogens is 1. The molecule has 25 heavy (non-hydrogen) atoms. The lowest BCUT2D eigenvalue weighted by Gasteiger charge is -2.24. The quantitative estimate of drug-likeness (QED) is 0.795. The van der Waals surface area contributed by atoms with Crippen LogP contribution in [0.2, 0.25) is 0 Å². The zero-order valence-electron chi connectivity index (χ0n) is 13.4. The Balaban J connectivity index is 1.83. The molecule has 0 radical (unpaired) electrons. The van der Waals surface area contributed by atoms with E-state index in [1.54, 1.807) is 66.7 Å². The zero-order chi connectivity index (χ0) is 17.4. The molecule has 1 aliphatic heterocycles. The third kappa shape index (κ3) is 2.34. The number of anilines is 1. The molecular weight excluding hydrogens is 317 g/mol. The fraction of sp³-hybridized carbons (Fsp3) is 0.0952. The van der Waals surface area contributed by atoms with Gasteiger partial charge in [0.05, 0.1) is 12.2 Å². The van der Waals surface area contributed by atoms with Gasteiger partial charge in [0.25, 0.3) is 5.91 Å². The van der Waals surface area contributed by atoms with E-state index in [-0.39, 0.29) is 12.4 Å². The van der Waals surface area contributed by atoms with Crippen molar-refractivity contribution >= 4 is 11.6 Å². The van der Waals surface area contributed by atoms with Crippen molar-refractivity contribution in [1.82, 2.24) is 0 Å². The predicted molar refractivity (Wildman–Crippen MR) is 93.5 cm³/mol. The normalized spacial score (nSPS) is 19.1. The first-order valence-electron chi connectivity index (χ1n) is 8.05. The van der Waals surface area contributed by atoms with Crippen LogP contribution in [0.25, 0.3) is 0 Å². The van der Waals surface area contributed by atoms with Gasteiger partial charge in [-0.3, -0.25) is 4.79 Å². The summed E-state index contributed by atoms with van der Waals surface area (Å²) in [4.78, 5) is 14.6. The van der Waals surface area contributed by atoms with Crippen molar-refractivity contribution in [2.45, 2.75) is 12.1 Å². The van der Waals surface area contributed by atoms with Gasteiger partial charge in [0.2, 0.25) is 0 Å². The van der Waals surface area contributed by atoms with Crippen LogP contribution >= 0.6 is 0 Å². The van der Waals surface area contributed by atoms with E-state index in [2.05, 4.69) is 0 Å². The van der Waals surface area contributed by atoms with Crippen molar-refractivity contribution in [2.75, 3.05) is 4.90 Å². The Morgan fingerprint density at radius 3 is 2.28 bits per heavy atom. The van der Waals surface area contributed by atoms with E-state index in [0.717, 1.165) is 0 Å². The lowest BCUT2D eigenvalue weighted by molar-refractivity contribution is -0.132. The number of nitrogens with zero attached hydrogens (tertiary/aromatic N) is 1. The molecule has 1 amide bonds. The van der Waals surface area contributed by atoms with Gasteiger partial charge in [-0.25, -0.2) is 4.39 Å². The van der Waals surface area contributed by atoms with Gasteiger partial charge in [-0.05, 0) is 17.7 Å². The number of rotatable bonds is 3. The monoisotopic (exact) mass is 333 g/mol. The van der Waals surface area contributed by atoms with Gasteiger partial charge in [-0.2, -0.15) is 0 Å². The molecule has 3 aromatic rings. The third-order valence-corrected chi connectivity index (χ3v) is 4.62. The maximum Gasteiger partial charge on any atom is 0.268 e. The summed E-state index contributed by atoms with van der Waals surface area (Å²) in [7, 11) is 0. The van der Waals surface area contributed by atoms with Gasteiger partial charge in [-0.15, -0.1) is 0 Å². The standard InChI is InChI=1S/C21H16FNO2/c22-18-12-6-4-8-15(18)14-23-19-13-7-5-11-17(19)21(25,20(23)24)16-9-2-1-3-10-16/h1-13,25H,14H2/t21-/m0/s1. The van der Waals surface area contributed by atoms with E-state index >= 15 is 0 Å². The highest BCUT2D eigenvalue weighted by Crippen LogP contribution is 2.44. The molecular formula is C21H16FNO2. The molecule has 3 nitrogen and oxygen atoms in total. The second-order valence-electron chi connectivity index (χ2n) is 6.08. The largest absolute Gasteiger partial charge is 0.372 e. The van der Waals surface area contributed by atoms with Crippen LogP contribution in [0.5, 0.6) is 0 Å². The summed E-state index contributed by atoms with van der Waals surface area (Å²) in [6, 6.07) is 22.3. The SMILES string of the molecule is O=C1N(Cc2ccccc2F)c2ccccc2[C@@]1(O)c1ccccc1. The second-order valence-corrected chi connectivity index (χ2v) is 6.08. The van der Waals surface area contributed by atoms with Crippen LogP contribution in [0.3, 0.4) is 0 Å². The molecule has 4 rings (SSSR count). The first-order chi connectivity index (χ1) is 12.1. The van der Waals surface area contributed by atoms with Gasteiger partial charge in [-0.1, -0.05) is 66.7 Å². The highest BCUT2D eigenvalue weighted by Gasteiger charge is 2.50. The minimum Gasteiger partial charge on any atom is -0.372 e. The Kier molecular flexibility index (Phi) is 3.62. The van der Waals surface area contributed by atoms with Crippen LogP contribution in [-0.2, 0) is 16.9 Å². The van der Waals surface area contributed by atoms with Crippen molar-refractivity contribution in [3.05, 3.63) is 101 Å². The maximum atomic E-state index is 14.1. The second kappa shape index (κ2) is 5.83. The van der Waals surface area contributed by atoms with Crippen LogP contribution in [0.15, 0.2) is 78.9 Å². The average Bonchev–Trinajstić information content (AvgIpc) is 2.87. The number of benzene rings is 3. The topological polar surface area (TPSA) is 40.5 Å². The Morgan fingerprint density at radius 2 is 1.52 bits per heavy atom. The fourth-order valence-electron chi connectivity index (χ4n) is 3.35. The molecule has 4 heteroatoms. The Labute approximate surface area is 145 Å². The van der Waals surface area contributed by atoms with Gasteiger partial charge >= 0.3 is 0 Å². The van der Waals surface area contributed by atoms with Gasteiger partial charge < -0.3 is 10.0 Å². The highest BCUT2D eigenvalue weighted by atomic mass is 19.1. The Morgan fingerprint density at radius 1 is 0.880 bits per heavy atom. The van der Waals surface area contributed by atoms with Gasteiger partial charge in [0.15, 0.2) is 5.60 Å². The van der Waals surface area contributed by atoms with Crippen molar-refractivity contribution < 1.29 is 14.3 Å². The number of amides is 1. The number of carbonyl (C=O) groups excluding carboxylic acids is 1. The number of carbonyl (C=O) groups is 1. The van der Waals surface area contributed by atoms with Gasteiger partial charge in [0, 0.05) is 11.1 Å². The highest BCUT2D eigenvalue weighted by molar-refractivity contribution is 6.09. The molecule has 0 aliphatic carbocycles. The Bertz CT molecular complexity index is 941. The summed E-state index contributed by atoms with van der Waals surface area (Å²) in [6.45, 7) is 0.0671. The molecule has 0 bridgehead atoms. The smallest absolute Gasteiger partial charge is 0.268 e. The van der Waals surface area contributed by atoms with E-state index in [0.29, 0.717) is 22.4 Å². The minimum absolute atomic E-state index is 0.0671. The molecule has 3 aromatic carbocycles. The number of hydrogen-bond acceptors (Lipinski definition) is 2. The molecule has 0 fully saturated rings. The molecule has 1 heterocycles. The molecule has 0 aromatic heterocycles. The fourth-order valence-corrected chi connectivity index (χ4v) is 3.35. The van der Waals surface area contributed by atoms with Crippen LogP contribution in [-0.4, -0.2) is 11.0 Å². The molecule has 0 saturated carbocycles. The number of fused-ring (bicyclic) bond motifs is 1. The maximum absolute atomic E-state index is 14.1. The number of hydrogen-bond donors (Lipinski definition) is 1. The van der Waals surface area contributed by atoms with Crippen molar-refractivity contribution in [2.24, 2.45) is 0 Å². The Hall–Kier alpha value is -2.98. The molecule has 1 aliphatic rings. The van der Waals surface area contributed by atoms with Crippen molar-refractivity contribution in [3.8, 4) is 0 Å². The summed E-state index contributed by atoms with van der Waals surface area (Å²) in [5.74, 6) is -0.842. The lowest BCUT2D eigenvalue weighted by Crippen LogP contribution is -2.41. The van der Waals surface area contributed by atoms with E-state index in [1.807, 2.05) is 6.07 Å².